The molecule has 2 aromatic rings. The average Bonchev–Trinajstić information content (AvgIpc) is 2.61. The molecule has 138 valence electrons. The summed E-state index contributed by atoms with van der Waals surface area (Å²) >= 11 is 0. The second-order valence-corrected chi connectivity index (χ2v) is 6.29. The number of nitrogens with zero attached hydrogens (tertiary/aromatic N) is 1. The summed E-state index contributed by atoms with van der Waals surface area (Å²) in [6, 6.07) is 12.2. The predicted octanol–water partition coefficient (Wildman–Crippen LogP) is 4.57. The summed E-state index contributed by atoms with van der Waals surface area (Å²) < 4.78 is 0. The van der Waals surface area contributed by atoms with Gasteiger partial charge in [0.2, 0.25) is 0 Å². The number of carboxylic acid groups (broad SMARTS) is 1. The van der Waals surface area contributed by atoms with Gasteiger partial charge in [-0.3, -0.25) is 4.79 Å². The van der Waals surface area contributed by atoms with Crippen LogP contribution in [0, 0.1) is 6.92 Å². The number of benzene rings is 2. The Morgan fingerprint density at radius 1 is 1.04 bits per heavy atom. The van der Waals surface area contributed by atoms with Gasteiger partial charge in [0.25, 0.3) is 5.91 Å². The van der Waals surface area contributed by atoms with Crippen LogP contribution < -0.4 is 10.2 Å². The minimum atomic E-state index is -1.01. The summed E-state index contributed by atoms with van der Waals surface area (Å²) in [5.74, 6) is -1.25. The van der Waals surface area contributed by atoms with E-state index in [2.05, 4.69) is 24.1 Å². The molecule has 0 aliphatic heterocycles. The lowest BCUT2D eigenvalue weighted by molar-refractivity contribution is 0.0696. The number of anilines is 2. The normalized spacial score (nSPS) is 10.4. The Kier molecular flexibility index (Phi) is 6.78. The summed E-state index contributed by atoms with van der Waals surface area (Å²) in [6.45, 7) is 7.75. The molecule has 0 unspecified atom stereocenters. The van der Waals surface area contributed by atoms with E-state index in [1.54, 1.807) is 18.2 Å². The molecule has 5 nitrogen and oxygen atoms in total. The second kappa shape index (κ2) is 9.04. The molecule has 26 heavy (non-hydrogen) atoms. The van der Waals surface area contributed by atoms with Gasteiger partial charge in [-0.15, -0.1) is 0 Å². The molecule has 2 aromatic carbocycles. The maximum Gasteiger partial charge on any atom is 0.335 e. The van der Waals surface area contributed by atoms with Crippen molar-refractivity contribution in [1.82, 2.24) is 0 Å². The lowest BCUT2D eigenvalue weighted by Gasteiger charge is -2.26. The van der Waals surface area contributed by atoms with Crippen molar-refractivity contribution in [2.75, 3.05) is 23.3 Å². The number of carbonyl (C=O) groups excluding carboxylic acids is 1. The van der Waals surface area contributed by atoms with Crippen LogP contribution in [0.1, 0.15) is 53.0 Å². The van der Waals surface area contributed by atoms with Gasteiger partial charge in [-0.2, -0.15) is 0 Å². The molecule has 0 fully saturated rings. The number of hydrogen-bond donors (Lipinski definition) is 2. The topological polar surface area (TPSA) is 69.6 Å². The molecule has 0 heterocycles. The largest absolute Gasteiger partial charge is 0.478 e. The smallest absolute Gasteiger partial charge is 0.335 e. The quantitative estimate of drug-likeness (QED) is 0.728. The van der Waals surface area contributed by atoms with Crippen molar-refractivity contribution in [3.05, 3.63) is 59.2 Å². The Balaban J connectivity index is 2.42. The van der Waals surface area contributed by atoms with Gasteiger partial charge >= 0.3 is 5.97 Å². The highest BCUT2D eigenvalue weighted by Crippen LogP contribution is 2.29. The molecule has 2 N–H and O–H groups in total. The van der Waals surface area contributed by atoms with Gasteiger partial charge in [-0.05, 0) is 49.6 Å². The molecule has 5 heteroatoms. The molecule has 0 aromatic heterocycles. The molecule has 0 aliphatic rings. The Hall–Kier alpha value is -2.82. The van der Waals surface area contributed by atoms with E-state index in [0.717, 1.165) is 37.2 Å². The first-order valence-electron chi connectivity index (χ1n) is 8.97. The summed E-state index contributed by atoms with van der Waals surface area (Å²) in [5, 5.41) is 12.2. The van der Waals surface area contributed by atoms with Crippen molar-refractivity contribution < 1.29 is 14.7 Å². The minimum absolute atomic E-state index is 0.154. The van der Waals surface area contributed by atoms with Crippen LogP contribution in [0.25, 0.3) is 0 Å². The van der Waals surface area contributed by atoms with Crippen molar-refractivity contribution in [1.29, 1.82) is 0 Å². The summed E-state index contributed by atoms with van der Waals surface area (Å²) in [7, 11) is 0. The van der Waals surface area contributed by atoms with E-state index in [1.165, 1.54) is 6.07 Å². The van der Waals surface area contributed by atoms with Gasteiger partial charge < -0.3 is 15.3 Å². The van der Waals surface area contributed by atoms with Crippen LogP contribution in [-0.2, 0) is 0 Å². The molecule has 1 amide bonds. The molecule has 0 aliphatic carbocycles. The van der Waals surface area contributed by atoms with E-state index in [-0.39, 0.29) is 11.5 Å². The number of aryl methyl sites for hydroxylation is 1. The molecule has 0 saturated carbocycles. The van der Waals surface area contributed by atoms with Crippen LogP contribution >= 0.6 is 0 Å². The Labute approximate surface area is 154 Å². The van der Waals surface area contributed by atoms with Crippen molar-refractivity contribution >= 4 is 23.3 Å². The number of carbonyl (C=O) groups is 2. The number of nitrogens with one attached hydrogen (secondary N) is 1. The van der Waals surface area contributed by atoms with E-state index in [1.807, 2.05) is 25.1 Å². The third kappa shape index (κ3) is 4.63. The van der Waals surface area contributed by atoms with Gasteiger partial charge in [0, 0.05) is 18.7 Å². The third-order valence-electron chi connectivity index (χ3n) is 4.21. The van der Waals surface area contributed by atoms with Gasteiger partial charge in [0.1, 0.15) is 0 Å². The maximum absolute atomic E-state index is 12.7. The molecular weight excluding hydrogens is 328 g/mol. The fourth-order valence-corrected chi connectivity index (χ4v) is 2.95. The van der Waals surface area contributed by atoms with Gasteiger partial charge in [-0.1, -0.05) is 32.0 Å². The number of carboxylic acids is 1. The number of aromatic carboxylic acids is 1. The second-order valence-electron chi connectivity index (χ2n) is 6.29. The van der Waals surface area contributed by atoms with Crippen LogP contribution in [-0.4, -0.2) is 30.1 Å². The minimum Gasteiger partial charge on any atom is -0.478 e. The van der Waals surface area contributed by atoms with E-state index in [9.17, 15) is 14.7 Å². The molecule has 0 spiro atoms. The highest BCUT2D eigenvalue weighted by molar-refractivity contribution is 6.07. The van der Waals surface area contributed by atoms with Crippen molar-refractivity contribution in [2.45, 2.75) is 33.6 Å². The average molecular weight is 354 g/mol. The van der Waals surface area contributed by atoms with Crippen LogP contribution in [0.15, 0.2) is 42.5 Å². The molecule has 0 atom stereocenters. The standard InChI is InChI=1S/C21H26N2O3/c1-4-12-23(13-5-2)19-11-10-16(21(25)26)14-18(19)22-20(24)17-9-7-6-8-15(17)3/h6-11,14H,4-5,12-13H2,1-3H3,(H,22,24)(H,25,26). The zero-order valence-electron chi connectivity index (χ0n) is 15.6. The molecular formula is C21H26N2O3. The van der Waals surface area contributed by atoms with Crippen LogP contribution in [0.4, 0.5) is 11.4 Å². The Morgan fingerprint density at radius 2 is 1.69 bits per heavy atom. The predicted molar refractivity (Wildman–Crippen MR) is 105 cm³/mol. The van der Waals surface area contributed by atoms with Crippen LogP contribution in [0.2, 0.25) is 0 Å². The Bertz CT molecular complexity index is 781. The fourth-order valence-electron chi connectivity index (χ4n) is 2.95. The van der Waals surface area contributed by atoms with Crippen molar-refractivity contribution in [2.24, 2.45) is 0 Å². The van der Waals surface area contributed by atoms with Gasteiger partial charge in [-0.25, -0.2) is 4.79 Å². The highest BCUT2D eigenvalue weighted by Gasteiger charge is 2.17. The third-order valence-corrected chi connectivity index (χ3v) is 4.21. The molecule has 0 saturated heterocycles. The van der Waals surface area contributed by atoms with Gasteiger partial charge in [0.05, 0.1) is 16.9 Å². The van der Waals surface area contributed by atoms with E-state index in [4.69, 9.17) is 0 Å². The monoisotopic (exact) mass is 354 g/mol. The first-order chi connectivity index (χ1) is 12.5. The van der Waals surface area contributed by atoms with E-state index in [0.29, 0.717) is 11.3 Å². The highest BCUT2D eigenvalue weighted by atomic mass is 16.4. The van der Waals surface area contributed by atoms with Crippen molar-refractivity contribution in [3.63, 3.8) is 0 Å². The van der Waals surface area contributed by atoms with Crippen LogP contribution in [0.5, 0.6) is 0 Å². The lowest BCUT2D eigenvalue weighted by Crippen LogP contribution is -2.27. The SMILES string of the molecule is CCCN(CCC)c1ccc(C(=O)O)cc1NC(=O)c1ccccc1C. The van der Waals surface area contributed by atoms with Crippen LogP contribution in [0.3, 0.4) is 0 Å². The zero-order chi connectivity index (χ0) is 19.1. The van der Waals surface area contributed by atoms with E-state index < -0.39 is 5.97 Å². The fraction of sp³-hybridized carbons (Fsp3) is 0.333. The molecule has 2 rings (SSSR count). The number of rotatable bonds is 8. The molecule has 0 bridgehead atoms. The van der Waals surface area contributed by atoms with Crippen molar-refractivity contribution in [3.8, 4) is 0 Å². The zero-order valence-corrected chi connectivity index (χ0v) is 15.6. The summed E-state index contributed by atoms with van der Waals surface area (Å²) in [6.07, 6.45) is 1.93. The molecule has 0 radical (unpaired) electrons. The number of amides is 1. The lowest BCUT2D eigenvalue weighted by atomic mass is 10.1. The Morgan fingerprint density at radius 3 is 2.27 bits per heavy atom. The maximum atomic E-state index is 12.7. The first-order valence-corrected chi connectivity index (χ1v) is 8.97. The first kappa shape index (κ1) is 19.5. The number of hydrogen-bond acceptors (Lipinski definition) is 3. The van der Waals surface area contributed by atoms with E-state index >= 15 is 0 Å². The summed E-state index contributed by atoms with van der Waals surface area (Å²) in [5.41, 5.74) is 2.99. The van der Waals surface area contributed by atoms with Gasteiger partial charge in [0.15, 0.2) is 0 Å². The summed E-state index contributed by atoms with van der Waals surface area (Å²) in [4.78, 5) is 26.3.